The number of aliphatic hydroxyl groups is 1. The van der Waals surface area contributed by atoms with Crippen LogP contribution in [0.15, 0.2) is 30.3 Å². The lowest BCUT2D eigenvalue weighted by Gasteiger charge is -2.36. The van der Waals surface area contributed by atoms with Crippen LogP contribution in [0.5, 0.6) is 0 Å². The number of nitrogens with one attached hydrogen (secondary N) is 1. The van der Waals surface area contributed by atoms with Crippen molar-refractivity contribution >= 4 is 5.91 Å². The molecule has 3 aliphatic rings. The van der Waals surface area contributed by atoms with Gasteiger partial charge in [0.05, 0.1) is 0 Å². The normalized spacial score (nSPS) is 34.5. The standard InChI is InChI=1S/C22H30F2N2O2/c1-15-11-17-14-26(13-16(17)8-10-25-15)20(27)22(28,18-5-3-2-4-6-18)19-7-9-21(23,24)12-19/h2-6,15-17,19,25,28H,7-14H2,1H3. The molecular weight excluding hydrogens is 362 g/mol. The molecule has 2 heterocycles. The predicted molar refractivity (Wildman–Crippen MR) is 103 cm³/mol. The minimum Gasteiger partial charge on any atom is -0.375 e. The summed E-state index contributed by atoms with van der Waals surface area (Å²) in [7, 11) is 0. The molecule has 1 saturated carbocycles. The fourth-order valence-electron chi connectivity index (χ4n) is 5.52. The number of nitrogens with zero attached hydrogens (tertiary/aromatic N) is 1. The van der Waals surface area contributed by atoms with Crippen LogP contribution in [0.1, 0.15) is 44.6 Å². The lowest BCUT2D eigenvalue weighted by molar-refractivity contribution is -0.159. The van der Waals surface area contributed by atoms with E-state index < -0.39 is 29.8 Å². The van der Waals surface area contributed by atoms with Crippen LogP contribution in [-0.2, 0) is 10.4 Å². The first-order valence-electron chi connectivity index (χ1n) is 10.5. The third-order valence-electron chi connectivity index (χ3n) is 7.06. The summed E-state index contributed by atoms with van der Waals surface area (Å²) in [5, 5.41) is 15.1. The Morgan fingerprint density at radius 1 is 1.21 bits per heavy atom. The summed E-state index contributed by atoms with van der Waals surface area (Å²) in [4.78, 5) is 15.3. The van der Waals surface area contributed by atoms with Gasteiger partial charge in [0.1, 0.15) is 0 Å². The molecule has 1 aromatic carbocycles. The molecule has 154 valence electrons. The lowest BCUT2D eigenvalue weighted by Crippen LogP contribution is -2.50. The number of hydrogen-bond acceptors (Lipinski definition) is 3. The van der Waals surface area contributed by atoms with Gasteiger partial charge in [0, 0.05) is 37.9 Å². The molecular formula is C22H30F2N2O2. The first-order chi connectivity index (χ1) is 13.3. The quantitative estimate of drug-likeness (QED) is 0.831. The topological polar surface area (TPSA) is 52.6 Å². The number of fused-ring (bicyclic) bond motifs is 1. The Bertz CT molecular complexity index is 714. The molecule has 28 heavy (non-hydrogen) atoms. The van der Waals surface area contributed by atoms with Gasteiger partial charge < -0.3 is 15.3 Å². The molecule has 6 heteroatoms. The number of benzene rings is 1. The summed E-state index contributed by atoms with van der Waals surface area (Å²) in [6.45, 7) is 4.31. The highest BCUT2D eigenvalue weighted by Gasteiger charge is 2.55. The minimum absolute atomic E-state index is 0.159. The molecule has 3 fully saturated rings. The minimum atomic E-state index is -2.81. The lowest BCUT2D eigenvalue weighted by atomic mass is 9.79. The van der Waals surface area contributed by atoms with Crippen molar-refractivity contribution in [1.29, 1.82) is 0 Å². The maximum atomic E-state index is 14.0. The fraction of sp³-hybridized carbons (Fsp3) is 0.682. The van der Waals surface area contributed by atoms with Crippen LogP contribution < -0.4 is 5.32 Å². The van der Waals surface area contributed by atoms with Gasteiger partial charge in [-0.3, -0.25) is 4.79 Å². The first kappa shape index (κ1) is 19.8. The molecule has 4 rings (SSSR count). The van der Waals surface area contributed by atoms with E-state index in [0.29, 0.717) is 36.5 Å². The van der Waals surface area contributed by atoms with E-state index in [-0.39, 0.29) is 12.8 Å². The first-order valence-corrected chi connectivity index (χ1v) is 10.5. The monoisotopic (exact) mass is 392 g/mol. The van der Waals surface area contributed by atoms with Crippen molar-refractivity contribution in [2.24, 2.45) is 17.8 Å². The molecule has 0 radical (unpaired) electrons. The Hall–Kier alpha value is -1.53. The third-order valence-corrected chi connectivity index (χ3v) is 7.06. The summed E-state index contributed by atoms with van der Waals surface area (Å²) >= 11 is 0. The van der Waals surface area contributed by atoms with Gasteiger partial charge in [0.2, 0.25) is 5.92 Å². The van der Waals surface area contributed by atoms with Gasteiger partial charge in [-0.25, -0.2) is 8.78 Å². The van der Waals surface area contributed by atoms with Gasteiger partial charge in [-0.15, -0.1) is 0 Å². The second kappa shape index (κ2) is 7.38. The van der Waals surface area contributed by atoms with Crippen molar-refractivity contribution in [3.05, 3.63) is 35.9 Å². The molecule has 1 aliphatic carbocycles. The number of likely N-dealkylation sites (tertiary alicyclic amines) is 1. The number of hydrogen-bond donors (Lipinski definition) is 2. The Balaban J connectivity index is 1.61. The smallest absolute Gasteiger partial charge is 0.259 e. The van der Waals surface area contributed by atoms with E-state index in [1.807, 2.05) is 0 Å². The van der Waals surface area contributed by atoms with Gasteiger partial charge in [-0.1, -0.05) is 30.3 Å². The van der Waals surface area contributed by atoms with Crippen LogP contribution in [0.25, 0.3) is 0 Å². The molecule has 4 nitrogen and oxygen atoms in total. The molecule has 0 spiro atoms. The Labute approximate surface area is 165 Å². The van der Waals surface area contributed by atoms with Gasteiger partial charge in [0.25, 0.3) is 5.91 Å². The van der Waals surface area contributed by atoms with Gasteiger partial charge >= 0.3 is 0 Å². The van der Waals surface area contributed by atoms with E-state index in [1.165, 1.54) is 0 Å². The van der Waals surface area contributed by atoms with Crippen molar-refractivity contribution in [3.63, 3.8) is 0 Å². The van der Waals surface area contributed by atoms with Crippen molar-refractivity contribution in [2.75, 3.05) is 19.6 Å². The molecule has 0 aromatic heterocycles. The van der Waals surface area contributed by atoms with E-state index in [0.717, 1.165) is 19.4 Å². The zero-order valence-corrected chi connectivity index (χ0v) is 16.4. The molecule has 2 saturated heterocycles. The van der Waals surface area contributed by atoms with Gasteiger partial charge in [-0.2, -0.15) is 0 Å². The second-order valence-electron chi connectivity index (χ2n) is 9.04. The largest absolute Gasteiger partial charge is 0.375 e. The number of rotatable bonds is 3. The highest BCUT2D eigenvalue weighted by Crippen LogP contribution is 2.48. The third kappa shape index (κ3) is 3.57. The van der Waals surface area contributed by atoms with Crippen molar-refractivity contribution < 1.29 is 18.7 Å². The van der Waals surface area contributed by atoms with Gasteiger partial charge in [-0.05, 0) is 50.1 Å². The zero-order valence-electron chi connectivity index (χ0n) is 16.4. The molecule has 1 aromatic rings. The van der Waals surface area contributed by atoms with Crippen LogP contribution >= 0.6 is 0 Å². The Morgan fingerprint density at radius 2 is 1.93 bits per heavy atom. The van der Waals surface area contributed by atoms with E-state index in [1.54, 1.807) is 35.2 Å². The molecule has 2 N–H and O–H groups in total. The number of alkyl halides is 2. The van der Waals surface area contributed by atoms with Gasteiger partial charge in [0.15, 0.2) is 5.60 Å². The number of carbonyl (C=O) groups excluding carboxylic acids is 1. The Kier molecular flexibility index (Phi) is 5.21. The summed E-state index contributed by atoms with van der Waals surface area (Å²) in [6.07, 6.45) is 1.45. The molecule has 5 atom stereocenters. The van der Waals surface area contributed by atoms with E-state index in [9.17, 15) is 18.7 Å². The highest BCUT2D eigenvalue weighted by molar-refractivity contribution is 5.87. The van der Waals surface area contributed by atoms with Crippen molar-refractivity contribution in [1.82, 2.24) is 10.2 Å². The van der Waals surface area contributed by atoms with E-state index in [2.05, 4.69) is 12.2 Å². The summed E-state index contributed by atoms with van der Waals surface area (Å²) in [5.41, 5.74) is -1.45. The van der Waals surface area contributed by atoms with Crippen LogP contribution in [0.2, 0.25) is 0 Å². The average molecular weight is 392 g/mol. The fourth-order valence-corrected chi connectivity index (χ4v) is 5.52. The van der Waals surface area contributed by atoms with E-state index >= 15 is 0 Å². The van der Waals surface area contributed by atoms with Crippen LogP contribution in [-0.4, -0.2) is 47.5 Å². The number of carbonyl (C=O) groups is 1. The number of amides is 1. The second-order valence-corrected chi connectivity index (χ2v) is 9.04. The predicted octanol–water partition coefficient (Wildman–Crippen LogP) is 3.16. The maximum Gasteiger partial charge on any atom is 0.259 e. The zero-order chi connectivity index (χ0) is 19.9. The van der Waals surface area contributed by atoms with Crippen LogP contribution in [0.3, 0.4) is 0 Å². The van der Waals surface area contributed by atoms with E-state index in [4.69, 9.17) is 0 Å². The molecule has 1 amide bonds. The SMILES string of the molecule is CC1CC2CN(C(=O)C(O)(c3ccccc3)C3CCC(F)(F)C3)CC2CCN1. The average Bonchev–Trinajstić information content (AvgIpc) is 3.19. The summed E-state index contributed by atoms with van der Waals surface area (Å²) in [5.74, 6) is -3.16. The van der Waals surface area contributed by atoms with Crippen LogP contribution in [0, 0.1) is 17.8 Å². The van der Waals surface area contributed by atoms with Crippen LogP contribution in [0.4, 0.5) is 8.78 Å². The van der Waals surface area contributed by atoms with Crippen molar-refractivity contribution in [2.45, 2.75) is 56.6 Å². The maximum absolute atomic E-state index is 14.0. The molecule has 0 bridgehead atoms. The molecule has 5 unspecified atom stereocenters. The highest BCUT2D eigenvalue weighted by atomic mass is 19.3. The molecule has 2 aliphatic heterocycles. The summed E-state index contributed by atoms with van der Waals surface area (Å²) in [6, 6.07) is 9.10. The number of halogens is 2. The van der Waals surface area contributed by atoms with Crippen molar-refractivity contribution in [3.8, 4) is 0 Å². The summed E-state index contributed by atoms with van der Waals surface area (Å²) < 4.78 is 27.9. The Morgan fingerprint density at radius 3 is 2.61 bits per heavy atom.